The second kappa shape index (κ2) is 14.5. The summed E-state index contributed by atoms with van der Waals surface area (Å²) in [6, 6.07) is 32.2. The van der Waals surface area contributed by atoms with Gasteiger partial charge in [-0.05, 0) is 58.5 Å². The summed E-state index contributed by atoms with van der Waals surface area (Å²) < 4.78 is 39.2. The van der Waals surface area contributed by atoms with Crippen molar-refractivity contribution in [3.63, 3.8) is 0 Å². The second-order valence-electron chi connectivity index (χ2n) is 11.7. The smallest absolute Gasteiger partial charge is 0.336 e. The normalized spacial score (nSPS) is 13.6. The summed E-state index contributed by atoms with van der Waals surface area (Å²) in [6.07, 6.45) is 1.94. The van der Waals surface area contributed by atoms with E-state index in [1.54, 1.807) is 11.1 Å². The van der Waals surface area contributed by atoms with Gasteiger partial charge in [0.05, 0.1) is 5.69 Å². The molecule has 1 aliphatic rings. The van der Waals surface area contributed by atoms with E-state index < -0.39 is 23.8 Å². The van der Waals surface area contributed by atoms with Gasteiger partial charge in [0.1, 0.15) is 11.7 Å². The van der Waals surface area contributed by atoms with Gasteiger partial charge in [-0.15, -0.1) is 0 Å². The fraction of sp³-hybridized carbons (Fsp3) is 0.179. The van der Waals surface area contributed by atoms with E-state index in [2.05, 4.69) is 16.0 Å². The van der Waals surface area contributed by atoms with Gasteiger partial charge in [0.2, 0.25) is 11.8 Å². The van der Waals surface area contributed by atoms with Gasteiger partial charge in [-0.25, -0.2) is 0 Å². The lowest BCUT2D eigenvalue weighted by atomic mass is 9.97. The van der Waals surface area contributed by atoms with E-state index in [0.717, 1.165) is 40.2 Å². The molecule has 242 valence electrons. The minimum atomic E-state index is -4.57. The molecule has 2 amide bonds. The molecule has 6 rings (SSSR count). The van der Waals surface area contributed by atoms with Crippen molar-refractivity contribution in [3.05, 3.63) is 161 Å². The highest BCUT2D eigenvalue weighted by molar-refractivity contribution is 5.95. The maximum absolute atomic E-state index is 14.5. The topological polar surface area (TPSA) is 66.4 Å². The highest BCUT2D eigenvalue weighted by Gasteiger charge is 2.34. The van der Waals surface area contributed by atoms with Crippen molar-refractivity contribution in [3.8, 4) is 11.3 Å². The highest BCUT2D eigenvalue weighted by atomic mass is 19.4. The van der Waals surface area contributed by atoms with Crippen LogP contribution >= 0.6 is 0 Å². The van der Waals surface area contributed by atoms with Crippen LogP contribution in [0.25, 0.3) is 17.3 Å². The Morgan fingerprint density at radius 1 is 0.812 bits per heavy atom. The third-order valence-corrected chi connectivity index (χ3v) is 8.42. The predicted molar refractivity (Wildman–Crippen MR) is 178 cm³/mol. The molecule has 2 aromatic heterocycles. The number of rotatable bonds is 9. The Bertz CT molecular complexity index is 1880. The summed E-state index contributed by atoms with van der Waals surface area (Å²) in [5.41, 5.74) is 5.02. The van der Waals surface area contributed by atoms with Crippen LogP contribution in [0.15, 0.2) is 128 Å². The van der Waals surface area contributed by atoms with Gasteiger partial charge >= 0.3 is 6.18 Å². The van der Waals surface area contributed by atoms with E-state index in [1.807, 2.05) is 95.9 Å². The fourth-order valence-electron chi connectivity index (χ4n) is 5.85. The molecule has 0 saturated heterocycles. The number of amides is 2. The van der Waals surface area contributed by atoms with E-state index in [9.17, 15) is 22.8 Å². The Labute approximate surface area is 277 Å². The molecule has 48 heavy (non-hydrogen) atoms. The average Bonchev–Trinajstić information content (AvgIpc) is 3.12. The van der Waals surface area contributed by atoms with Crippen LogP contribution in [0.3, 0.4) is 0 Å². The van der Waals surface area contributed by atoms with Crippen LogP contribution in [0.1, 0.15) is 33.5 Å². The standard InChI is InChI=1S/C39H33F3N4O2/c40-39(41,42)36-19-15-29(25-44-36)16-20-37(47)46(26-30-13-17-32(18-14-30)34-12-6-7-22-43-34)35(24-28-8-2-1-3-9-28)38(48)45-23-21-31-10-4-5-11-33(31)27-45/h1-20,22,25,35H,21,23-24,26-27H2/t35-/m0/s1. The van der Waals surface area contributed by atoms with E-state index in [-0.39, 0.29) is 18.9 Å². The molecule has 0 aliphatic carbocycles. The molecule has 3 heterocycles. The molecule has 5 aromatic rings. The summed E-state index contributed by atoms with van der Waals surface area (Å²) in [7, 11) is 0. The molecule has 0 fully saturated rings. The molecule has 0 N–H and O–H groups in total. The van der Waals surface area contributed by atoms with E-state index in [0.29, 0.717) is 25.1 Å². The molecule has 0 unspecified atom stereocenters. The van der Waals surface area contributed by atoms with Crippen molar-refractivity contribution in [1.29, 1.82) is 0 Å². The minimum Gasteiger partial charge on any atom is -0.336 e. The maximum atomic E-state index is 14.5. The average molecular weight is 647 g/mol. The van der Waals surface area contributed by atoms with Gasteiger partial charge < -0.3 is 9.80 Å². The van der Waals surface area contributed by atoms with Gasteiger partial charge in [0.15, 0.2) is 0 Å². The van der Waals surface area contributed by atoms with Crippen molar-refractivity contribution in [2.45, 2.75) is 38.1 Å². The first-order chi connectivity index (χ1) is 23.2. The lowest BCUT2D eigenvalue weighted by molar-refractivity contribution is -0.144. The molecular formula is C39H33F3N4O2. The van der Waals surface area contributed by atoms with Crippen LogP contribution in [0.2, 0.25) is 0 Å². The number of nitrogens with zero attached hydrogens (tertiary/aromatic N) is 4. The first kappa shape index (κ1) is 32.4. The third kappa shape index (κ3) is 7.86. The Morgan fingerprint density at radius 3 is 2.23 bits per heavy atom. The predicted octanol–water partition coefficient (Wildman–Crippen LogP) is 7.40. The summed E-state index contributed by atoms with van der Waals surface area (Å²) in [5.74, 6) is -0.619. The molecule has 1 atom stereocenters. The maximum Gasteiger partial charge on any atom is 0.433 e. The van der Waals surface area contributed by atoms with Gasteiger partial charge in [-0.2, -0.15) is 13.2 Å². The molecule has 0 bridgehead atoms. The van der Waals surface area contributed by atoms with Crippen molar-refractivity contribution < 1.29 is 22.8 Å². The minimum absolute atomic E-state index is 0.130. The SMILES string of the molecule is O=C([C@H](Cc1ccccc1)N(Cc1ccc(-c2ccccn2)cc1)C(=O)C=Cc1ccc(C(F)(F)F)nc1)N1CCc2ccccc2C1. The molecule has 3 aromatic carbocycles. The lowest BCUT2D eigenvalue weighted by Gasteiger charge is -2.37. The Balaban J connectivity index is 1.34. The number of fused-ring (bicyclic) bond motifs is 1. The molecular weight excluding hydrogens is 613 g/mol. The highest BCUT2D eigenvalue weighted by Crippen LogP contribution is 2.28. The molecule has 0 saturated carbocycles. The number of pyridine rings is 2. The van der Waals surface area contributed by atoms with E-state index >= 15 is 0 Å². The number of benzene rings is 3. The Morgan fingerprint density at radius 2 is 1.54 bits per heavy atom. The zero-order chi connectivity index (χ0) is 33.5. The monoisotopic (exact) mass is 646 g/mol. The number of carbonyl (C=O) groups excluding carboxylic acids is 2. The number of alkyl halides is 3. The molecule has 0 radical (unpaired) electrons. The van der Waals surface area contributed by atoms with Crippen molar-refractivity contribution in [2.75, 3.05) is 6.54 Å². The summed E-state index contributed by atoms with van der Waals surface area (Å²) in [4.78, 5) is 39.9. The first-order valence-corrected chi connectivity index (χ1v) is 15.7. The van der Waals surface area contributed by atoms with Crippen LogP contribution in [0.5, 0.6) is 0 Å². The quantitative estimate of drug-likeness (QED) is 0.157. The summed E-state index contributed by atoms with van der Waals surface area (Å²) in [5, 5.41) is 0. The van der Waals surface area contributed by atoms with Gasteiger partial charge in [0, 0.05) is 50.1 Å². The van der Waals surface area contributed by atoms with Crippen LogP contribution in [0.4, 0.5) is 13.2 Å². The number of hydrogen-bond acceptors (Lipinski definition) is 4. The largest absolute Gasteiger partial charge is 0.433 e. The molecule has 0 spiro atoms. The van der Waals surface area contributed by atoms with Crippen LogP contribution in [-0.2, 0) is 41.7 Å². The number of aromatic nitrogens is 2. The number of hydrogen-bond donors (Lipinski definition) is 0. The second-order valence-corrected chi connectivity index (χ2v) is 11.7. The van der Waals surface area contributed by atoms with E-state index in [1.165, 1.54) is 23.8 Å². The third-order valence-electron chi connectivity index (χ3n) is 8.42. The van der Waals surface area contributed by atoms with Gasteiger partial charge in [0.25, 0.3) is 0 Å². The van der Waals surface area contributed by atoms with Crippen LogP contribution in [-0.4, -0.2) is 44.2 Å². The van der Waals surface area contributed by atoms with Crippen LogP contribution in [0, 0.1) is 0 Å². The number of halogens is 3. The summed E-state index contributed by atoms with van der Waals surface area (Å²) >= 11 is 0. The molecule has 1 aliphatic heterocycles. The lowest BCUT2D eigenvalue weighted by Crippen LogP contribution is -2.52. The van der Waals surface area contributed by atoms with Gasteiger partial charge in [-0.1, -0.05) is 91.0 Å². The number of carbonyl (C=O) groups is 2. The zero-order valence-electron chi connectivity index (χ0n) is 26.1. The molecule has 6 nitrogen and oxygen atoms in total. The fourth-order valence-corrected chi connectivity index (χ4v) is 5.85. The molecule has 9 heteroatoms. The first-order valence-electron chi connectivity index (χ1n) is 15.7. The van der Waals surface area contributed by atoms with Crippen molar-refractivity contribution in [2.24, 2.45) is 0 Å². The van der Waals surface area contributed by atoms with Crippen molar-refractivity contribution >= 4 is 17.9 Å². The summed E-state index contributed by atoms with van der Waals surface area (Å²) in [6.45, 7) is 1.09. The zero-order valence-corrected chi connectivity index (χ0v) is 26.1. The Kier molecular flexibility index (Phi) is 9.75. The van der Waals surface area contributed by atoms with E-state index in [4.69, 9.17) is 0 Å². The van der Waals surface area contributed by atoms with Crippen LogP contribution < -0.4 is 0 Å². The van der Waals surface area contributed by atoms with Crippen molar-refractivity contribution in [1.82, 2.24) is 19.8 Å². The van der Waals surface area contributed by atoms with Gasteiger partial charge in [-0.3, -0.25) is 19.6 Å². The Hall–Kier alpha value is -5.57.